The molecule has 3 aromatic rings. The number of hydrogen-bond donors (Lipinski definition) is 1. The fourth-order valence-electron chi connectivity index (χ4n) is 3.96. The van der Waals surface area contributed by atoms with Crippen molar-refractivity contribution in [1.29, 1.82) is 0 Å². The molecule has 0 bridgehead atoms. The predicted molar refractivity (Wildman–Crippen MR) is 128 cm³/mol. The van der Waals surface area contributed by atoms with Crippen molar-refractivity contribution in [3.05, 3.63) is 96.1 Å². The third-order valence-electron chi connectivity index (χ3n) is 5.68. The number of anilines is 2. The Balaban J connectivity index is 1.21. The Bertz CT molecular complexity index is 1040. The van der Waals surface area contributed by atoms with Crippen LogP contribution in [0.15, 0.2) is 84.9 Å². The molecular weight excluding hydrogens is 414 g/mol. The number of carbonyl (C=O) groups is 3. The molecule has 6 nitrogen and oxygen atoms in total. The van der Waals surface area contributed by atoms with Crippen molar-refractivity contribution in [3.63, 3.8) is 0 Å². The van der Waals surface area contributed by atoms with E-state index in [2.05, 4.69) is 5.43 Å². The molecule has 0 spiro atoms. The molecular formula is C27H27N3O3. The highest BCUT2D eigenvalue weighted by molar-refractivity contribution is 6.21. The number of carbonyl (C=O) groups excluding carboxylic acids is 3. The second-order valence-electron chi connectivity index (χ2n) is 8.01. The lowest BCUT2D eigenvalue weighted by molar-refractivity contribution is -0.121. The third kappa shape index (κ3) is 5.29. The number of benzene rings is 3. The van der Waals surface area contributed by atoms with E-state index in [1.807, 2.05) is 60.7 Å². The summed E-state index contributed by atoms with van der Waals surface area (Å²) in [6.45, 7) is 0.411. The highest BCUT2D eigenvalue weighted by Crippen LogP contribution is 2.24. The summed E-state index contributed by atoms with van der Waals surface area (Å²) in [5.41, 5.74) is 5.75. The van der Waals surface area contributed by atoms with Gasteiger partial charge in [0.25, 0.3) is 11.8 Å². The van der Waals surface area contributed by atoms with E-state index >= 15 is 0 Å². The highest BCUT2D eigenvalue weighted by atomic mass is 16.2. The fraction of sp³-hybridized carbons (Fsp3) is 0.222. The minimum Gasteiger partial charge on any atom is -0.274 e. The number of nitrogens with zero attached hydrogens (tertiary/aromatic N) is 2. The maximum Gasteiger partial charge on any atom is 0.261 e. The lowest BCUT2D eigenvalue weighted by Crippen LogP contribution is -2.38. The standard InChI is InChI=1S/C27H27N3O3/c31-25(28-30(21-13-5-3-6-14-21)22-15-7-4-8-16-22)19-9-1-2-12-20-29-26(32)23-17-10-11-18-24(23)27(29)33/h3-8,10-11,13-18H,1-2,9,12,19-20H2,(H,28,31). The summed E-state index contributed by atoms with van der Waals surface area (Å²) in [6.07, 6.45) is 3.58. The maximum absolute atomic E-state index is 12.6. The van der Waals surface area contributed by atoms with Crippen molar-refractivity contribution in [3.8, 4) is 0 Å². The molecule has 33 heavy (non-hydrogen) atoms. The lowest BCUT2D eigenvalue weighted by Gasteiger charge is -2.25. The van der Waals surface area contributed by atoms with Gasteiger partial charge in [-0.2, -0.15) is 0 Å². The van der Waals surface area contributed by atoms with Crippen molar-refractivity contribution in [2.75, 3.05) is 11.6 Å². The van der Waals surface area contributed by atoms with Crippen molar-refractivity contribution < 1.29 is 14.4 Å². The zero-order valence-electron chi connectivity index (χ0n) is 18.4. The van der Waals surface area contributed by atoms with Gasteiger partial charge in [-0.1, -0.05) is 61.4 Å². The quantitative estimate of drug-likeness (QED) is 0.270. The van der Waals surface area contributed by atoms with Gasteiger partial charge >= 0.3 is 0 Å². The molecule has 0 radical (unpaired) electrons. The smallest absolute Gasteiger partial charge is 0.261 e. The monoisotopic (exact) mass is 441 g/mol. The average molecular weight is 442 g/mol. The number of unbranched alkanes of at least 4 members (excludes halogenated alkanes) is 3. The predicted octanol–water partition coefficient (Wildman–Crippen LogP) is 5.10. The summed E-state index contributed by atoms with van der Waals surface area (Å²) in [5, 5.41) is 1.80. The van der Waals surface area contributed by atoms with Crippen LogP contribution in [0.1, 0.15) is 52.8 Å². The van der Waals surface area contributed by atoms with E-state index in [0.717, 1.165) is 37.1 Å². The minimum atomic E-state index is -0.211. The summed E-state index contributed by atoms with van der Waals surface area (Å²) in [7, 11) is 0. The Labute approximate surface area is 193 Å². The van der Waals surface area contributed by atoms with Gasteiger partial charge in [-0.3, -0.25) is 29.7 Å². The molecule has 1 heterocycles. The number of rotatable bonds is 10. The van der Waals surface area contributed by atoms with E-state index in [-0.39, 0.29) is 17.7 Å². The first-order valence-corrected chi connectivity index (χ1v) is 11.3. The molecule has 0 saturated carbocycles. The van der Waals surface area contributed by atoms with Crippen LogP contribution in [0.25, 0.3) is 0 Å². The molecule has 4 rings (SSSR count). The summed E-state index contributed by atoms with van der Waals surface area (Å²) in [5.74, 6) is -0.475. The average Bonchev–Trinajstić information content (AvgIpc) is 3.10. The van der Waals surface area contributed by atoms with Gasteiger partial charge in [0.1, 0.15) is 0 Å². The molecule has 1 aliphatic heterocycles. The Kier molecular flexibility index (Phi) is 7.15. The molecule has 1 aliphatic rings. The molecule has 0 atom stereocenters. The number of hydrogen-bond acceptors (Lipinski definition) is 4. The first-order valence-electron chi connectivity index (χ1n) is 11.3. The Morgan fingerprint density at radius 3 is 1.70 bits per heavy atom. The number of nitrogens with one attached hydrogen (secondary N) is 1. The van der Waals surface area contributed by atoms with Gasteiger partial charge in [-0.25, -0.2) is 0 Å². The van der Waals surface area contributed by atoms with Crippen LogP contribution >= 0.6 is 0 Å². The van der Waals surface area contributed by atoms with Crippen LogP contribution in [-0.4, -0.2) is 29.2 Å². The van der Waals surface area contributed by atoms with Gasteiger partial charge in [-0.05, 0) is 49.2 Å². The topological polar surface area (TPSA) is 69.7 Å². The van der Waals surface area contributed by atoms with E-state index in [0.29, 0.717) is 24.1 Å². The van der Waals surface area contributed by atoms with Crippen molar-refractivity contribution >= 4 is 29.1 Å². The normalized spacial score (nSPS) is 12.5. The second-order valence-corrected chi connectivity index (χ2v) is 8.01. The molecule has 3 aromatic carbocycles. The van der Waals surface area contributed by atoms with Crippen LogP contribution < -0.4 is 10.4 Å². The van der Waals surface area contributed by atoms with Crippen LogP contribution in [0.3, 0.4) is 0 Å². The minimum absolute atomic E-state index is 0.0527. The third-order valence-corrected chi connectivity index (χ3v) is 5.68. The van der Waals surface area contributed by atoms with Crippen LogP contribution in [0.5, 0.6) is 0 Å². The van der Waals surface area contributed by atoms with E-state index in [1.54, 1.807) is 29.3 Å². The zero-order valence-corrected chi connectivity index (χ0v) is 18.4. The molecule has 1 N–H and O–H groups in total. The van der Waals surface area contributed by atoms with Crippen molar-refractivity contribution in [2.24, 2.45) is 0 Å². The summed E-state index contributed by atoms with van der Waals surface area (Å²) >= 11 is 0. The lowest BCUT2D eigenvalue weighted by atomic mass is 10.1. The molecule has 0 aromatic heterocycles. The first kappa shape index (κ1) is 22.3. The Morgan fingerprint density at radius 2 is 1.15 bits per heavy atom. The number of para-hydroxylation sites is 2. The Hall–Kier alpha value is -3.93. The van der Waals surface area contributed by atoms with Crippen molar-refractivity contribution in [1.82, 2.24) is 10.3 Å². The van der Waals surface area contributed by atoms with Crippen LogP contribution in [-0.2, 0) is 4.79 Å². The summed E-state index contributed by atoms with van der Waals surface area (Å²) in [4.78, 5) is 38.7. The SMILES string of the molecule is O=C(CCCCCCN1C(=O)c2ccccc2C1=O)NN(c1ccccc1)c1ccccc1. The number of fused-ring (bicyclic) bond motifs is 1. The zero-order chi connectivity index (χ0) is 23.0. The van der Waals surface area contributed by atoms with E-state index in [4.69, 9.17) is 0 Å². The molecule has 6 heteroatoms. The second kappa shape index (κ2) is 10.6. The number of hydrazine groups is 1. The van der Waals surface area contributed by atoms with Gasteiger partial charge in [0.05, 0.1) is 22.5 Å². The molecule has 0 aliphatic carbocycles. The maximum atomic E-state index is 12.6. The molecule has 0 saturated heterocycles. The van der Waals surface area contributed by atoms with E-state index in [9.17, 15) is 14.4 Å². The van der Waals surface area contributed by atoms with Gasteiger partial charge in [0.15, 0.2) is 0 Å². The fourth-order valence-corrected chi connectivity index (χ4v) is 3.96. The van der Waals surface area contributed by atoms with Gasteiger partial charge in [0, 0.05) is 13.0 Å². The van der Waals surface area contributed by atoms with Crippen LogP contribution in [0.4, 0.5) is 11.4 Å². The summed E-state index contributed by atoms with van der Waals surface area (Å²) < 4.78 is 0. The van der Waals surface area contributed by atoms with Gasteiger partial charge in [0.2, 0.25) is 5.91 Å². The molecule has 168 valence electrons. The molecule has 0 fully saturated rings. The highest BCUT2D eigenvalue weighted by Gasteiger charge is 2.34. The van der Waals surface area contributed by atoms with Gasteiger partial charge in [-0.15, -0.1) is 0 Å². The number of imide groups is 1. The summed E-state index contributed by atoms with van der Waals surface area (Å²) in [6, 6.07) is 26.4. The largest absolute Gasteiger partial charge is 0.274 e. The molecule has 0 unspecified atom stereocenters. The van der Waals surface area contributed by atoms with E-state index < -0.39 is 0 Å². The van der Waals surface area contributed by atoms with Crippen LogP contribution in [0, 0.1) is 0 Å². The molecule has 3 amide bonds. The number of amides is 3. The van der Waals surface area contributed by atoms with Crippen molar-refractivity contribution in [2.45, 2.75) is 32.1 Å². The van der Waals surface area contributed by atoms with E-state index in [1.165, 1.54) is 4.90 Å². The van der Waals surface area contributed by atoms with Gasteiger partial charge < -0.3 is 0 Å². The van der Waals surface area contributed by atoms with Crippen LogP contribution in [0.2, 0.25) is 0 Å². The Morgan fingerprint density at radius 1 is 0.667 bits per heavy atom. The first-order chi connectivity index (χ1) is 16.1.